The molecular weight excluding hydrogens is 234 g/mol. The fourth-order valence-electron chi connectivity index (χ4n) is 2.73. The van der Waals surface area contributed by atoms with Crippen LogP contribution in [-0.4, -0.2) is 18.7 Å². The molecule has 1 aliphatic rings. The molecule has 1 unspecified atom stereocenters. The molecule has 1 atom stereocenters. The van der Waals surface area contributed by atoms with Gasteiger partial charge in [0.1, 0.15) is 11.9 Å². The van der Waals surface area contributed by atoms with Crippen LogP contribution in [0.2, 0.25) is 0 Å². The minimum absolute atomic E-state index is 0.224. The molecule has 1 aromatic carbocycles. The Kier molecular flexibility index (Phi) is 5.26. The number of hydrogen-bond acceptors (Lipinski definition) is 2. The highest BCUT2D eigenvalue weighted by Crippen LogP contribution is 2.21. The first-order valence-electron chi connectivity index (χ1n) is 7.62. The van der Waals surface area contributed by atoms with E-state index in [4.69, 9.17) is 4.74 Å². The van der Waals surface area contributed by atoms with Crippen LogP contribution in [0, 0.1) is 13.8 Å². The second-order valence-electron chi connectivity index (χ2n) is 5.94. The summed E-state index contributed by atoms with van der Waals surface area (Å²) in [5, 5.41) is 3.65. The van der Waals surface area contributed by atoms with E-state index in [1.165, 1.54) is 43.2 Å². The van der Waals surface area contributed by atoms with Crippen LogP contribution in [-0.2, 0) is 0 Å². The van der Waals surface area contributed by atoms with E-state index in [0.717, 1.165) is 12.3 Å². The Labute approximate surface area is 117 Å². The molecule has 106 valence electrons. The number of benzene rings is 1. The predicted octanol–water partition coefficient (Wildman–Crippen LogP) is 3.99. The number of aryl methyl sites for hydroxylation is 2. The van der Waals surface area contributed by atoms with Gasteiger partial charge in [0.15, 0.2) is 0 Å². The lowest BCUT2D eigenvalue weighted by atomic mass is 9.95. The number of hydrogen-bond donors (Lipinski definition) is 1. The molecule has 0 heterocycles. The van der Waals surface area contributed by atoms with Crippen molar-refractivity contribution in [2.24, 2.45) is 0 Å². The van der Waals surface area contributed by atoms with E-state index in [0.29, 0.717) is 6.04 Å². The van der Waals surface area contributed by atoms with E-state index in [-0.39, 0.29) is 6.10 Å². The zero-order valence-corrected chi connectivity index (χ0v) is 12.5. The predicted molar refractivity (Wildman–Crippen MR) is 80.9 cm³/mol. The summed E-state index contributed by atoms with van der Waals surface area (Å²) in [5.41, 5.74) is 2.48. The summed E-state index contributed by atoms with van der Waals surface area (Å²) in [7, 11) is 0. The lowest BCUT2D eigenvalue weighted by Gasteiger charge is -2.25. The lowest BCUT2D eigenvalue weighted by Crippen LogP contribution is -2.37. The molecule has 2 heteroatoms. The van der Waals surface area contributed by atoms with Gasteiger partial charge in [0.2, 0.25) is 0 Å². The van der Waals surface area contributed by atoms with Crippen molar-refractivity contribution in [2.75, 3.05) is 6.54 Å². The molecule has 1 N–H and O–H groups in total. The molecule has 2 rings (SSSR count). The summed E-state index contributed by atoms with van der Waals surface area (Å²) >= 11 is 0. The first-order chi connectivity index (χ1) is 9.15. The monoisotopic (exact) mass is 261 g/mol. The zero-order valence-electron chi connectivity index (χ0n) is 12.5. The molecule has 2 nitrogen and oxygen atoms in total. The third-order valence-electron chi connectivity index (χ3n) is 3.97. The Hall–Kier alpha value is -1.02. The smallest absolute Gasteiger partial charge is 0.122 e. The van der Waals surface area contributed by atoms with Gasteiger partial charge in [-0.25, -0.2) is 0 Å². The highest BCUT2D eigenvalue weighted by molar-refractivity contribution is 5.36. The molecule has 1 aromatic rings. The highest BCUT2D eigenvalue weighted by atomic mass is 16.5. The van der Waals surface area contributed by atoms with Gasteiger partial charge in [-0.3, -0.25) is 0 Å². The molecule has 19 heavy (non-hydrogen) atoms. The van der Waals surface area contributed by atoms with Gasteiger partial charge in [0, 0.05) is 12.6 Å². The number of rotatable bonds is 5. The summed E-state index contributed by atoms with van der Waals surface area (Å²) in [4.78, 5) is 0. The molecule has 0 aromatic heterocycles. The number of ether oxygens (including phenoxy) is 1. The normalized spacial score (nSPS) is 18.3. The van der Waals surface area contributed by atoms with Crippen molar-refractivity contribution >= 4 is 0 Å². The minimum atomic E-state index is 0.224. The van der Waals surface area contributed by atoms with Crippen molar-refractivity contribution in [1.29, 1.82) is 0 Å². The fourth-order valence-corrected chi connectivity index (χ4v) is 2.73. The summed E-state index contributed by atoms with van der Waals surface area (Å²) in [6.07, 6.45) is 7.05. The van der Waals surface area contributed by atoms with Gasteiger partial charge in [0.05, 0.1) is 0 Å². The zero-order chi connectivity index (χ0) is 13.7. The fraction of sp³-hybridized carbons (Fsp3) is 0.647. The quantitative estimate of drug-likeness (QED) is 0.865. The van der Waals surface area contributed by atoms with Crippen molar-refractivity contribution in [1.82, 2.24) is 5.32 Å². The summed E-state index contributed by atoms with van der Waals surface area (Å²) in [5.74, 6) is 1.03. The van der Waals surface area contributed by atoms with Gasteiger partial charge in [0.25, 0.3) is 0 Å². The third-order valence-corrected chi connectivity index (χ3v) is 3.97. The molecule has 0 saturated heterocycles. The molecular formula is C17H27NO. The molecule has 1 aliphatic carbocycles. The average molecular weight is 261 g/mol. The van der Waals surface area contributed by atoms with Crippen molar-refractivity contribution in [3.05, 3.63) is 29.3 Å². The molecule has 0 aliphatic heterocycles. The number of nitrogens with one attached hydrogen (secondary N) is 1. The second-order valence-corrected chi connectivity index (χ2v) is 5.94. The third kappa shape index (κ3) is 4.54. The van der Waals surface area contributed by atoms with Crippen LogP contribution in [0.5, 0.6) is 5.75 Å². The van der Waals surface area contributed by atoms with Crippen LogP contribution in [0.25, 0.3) is 0 Å². The van der Waals surface area contributed by atoms with Crippen LogP contribution in [0.15, 0.2) is 18.2 Å². The molecule has 1 fully saturated rings. The molecule has 0 bridgehead atoms. The summed E-state index contributed by atoms with van der Waals surface area (Å²) in [6, 6.07) is 7.10. The van der Waals surface area contributed by atoms with Crippen LogP contribution in [0.3, 0.4) is 0 Å². The Bertz CT molecular complexity index is 396. The topological polar surface area (TPSA) is 21.3 Å². The van der Waals surface area contributed by atoms with E-state index in [2.05, 4.69) is 44.3 Å². The Morgan fingerprint density at radius 3 is 2.68 bits per heavy atom. The second kappa shape index (κ2) is 6.95. The van der Waals surface area contributed by atoms with Gasteiger partial charge in [-0.05, 0) is 50.8 Å². The highest BCUT2D eigenvalue weighted by Gasteiger charge is 2.14. The Balaban J connectivity index is 1.80. The average Bonchev–Trinajstić information content (AvgIpc) is 2.42. The van der Waals surface area contributed by atoms with Crippen LogP contribution in [0.4, 0.5) is 0 Å². The van der Waals surface area contributed by atoms with Crippen molar-refractivity contribution < 1.29 is 4.74 Å². The Morgan fingerprint density at radius 2 is 1.95 bits per heavy atom. The van der Waals surface area contributed by atoms with Gasteiger partial charge >= 0.3 is 0 Å². The maximum Gasteiger partial charge on any atom is 0.122 e. The molecule has 0 amide bonds. The van der Waals surface area contributed by atoms with Crippen LogP contribution < -0.4 is 10.1 Å². The first kappa shape index (κ1) is 14.4. The van der Waals surface area contributed by atoms with Crippen molar-refractivity contribution in [2.45, 2.75) is 65.0 Å². The lowest BCUT2D eigenvalue weighted by molar-refractivity contribution is 0.204. The minimum Gasteiger partial charge on any atom is -0.489 e. The largest absolute Gasteiger partial charge is 0.489 e. The van der Waals surface area contributed by atoms with E-state index < -0.39 is 0 Å². The standard InChI is InChI=1S/C17H27NO/c1-13-9-10-14(2)17(11-13)19-15(3)12-18-16-7-5-4-6-8-16/h9-11,15-16,18H,4-8,12H2,1-3H3. The molecule has 0 radical (unpaired) electrons. The van der Waals surface area contributed by atoms with Gasteiger partial charge in [-0.2, -0.15) is 0 Å². The SMILES string of the molecule is Cc1ccc(C)c(OC(C)CNC2CCCCC2)c1. The van der Waals surface area contributed by atoms with E-state index in [1.54, 1.807) is 0 Å². The van der Waals surface area contributed by atoms with Crippen molar-refractivity contribution in [3.8, 4) is 5.75 Å². The van der Waals surface area contributed by atoms with E-state index in [9.17, 15) is 0 Å². The van der Waals surface area contributed by atoms with Gasteiger partial charge in [-0.15, -0.1) is 0 Å². The molecule has 0 spiro atoms. The van der Waals surface area contributed by atoms with Gasteiger partial charge < -0.3 is 10.1 Å². The van der Waals surface area contributed by atoms with Crippen LogP contribution >= 0.6 is 0 Å². The van der Waals surface area contributed by atoms with E-state index in [1.807, 2.05) is 0 Å². The maximum absolute atomic E-state index is 6.05. The van der Waals surface area contributed by atoms with Crippen molar-refractivity contribution in [3.63, 3.8) is 0 Å². The van der Waals surface area contributed by atoms with Crippen LogP contribution in [0.1, 0.15) is 50.2 Å². The Morgan fingerprint density at radius 1 is 1.21 bits per heavy atom. The summed E-state index contributed by atoms with van der Waals surface area (Å²) in [6.45, 7) is 7.31. The van der Waals surface area contributed by atoms with Gasteiger partial charge in [-0.1, -0.05) is 31.4 Å². The van der Waals surface area contributed by atoms with E-state index >= 15 is 0 Å². The first-order valence-corrected chi connectivity index (χ1v) is 7.62. The maximum atomic E-state index is 6.05. The summed E-state index contributed by atoms with van der Waals surface area (Å²) < 4.78 is 6.05. The molecule has 1 saturated carbocycles.